The molecule has 1 amide bonds. The molecule has 2 N–H and O–H groups in total. The van der Waals surface area contributed by atoms with Crippen molar-refractivity contribution in [2.75, 3.05) is 30.4 Å². The standard InChI is InChI=1S/C11H15N3O3S2/c1-2-17-10(16)8-6-18-4-3-14(8)9(15)7-5-19-11(12)13-7/h5,8H,2-4,6H2,1H3,(H2,12,13). The van der Waals surface area contributed by atoms with Gasteiger partial charge in [-0.25, -0.2) is 9.78 Å². The first-order valence-corrected chi connectivity index (χ1v) is 7.93. The number of esters is 1. The van der Waals surface area contributed by atoms with Crippen LogP contribution >= 0.6 is 23.1 Å². The smallest absolute Gasteiger partial charge is 0.329 e. The number of thiazole rings is 1. The molecule has 104 valence electrons. The van der Waals surface area contributed by atoms with Gasteiger partial charge in [-0.2, -0.15) is 11.8 Å². The molecule has 2 rings (SSSR count). The number of ether oxygens (including phenoxy) is 1. The number of amides is 1. The van der Waals surface area contributed by atoms with Gasteiger partial charge in [-0.1, -0.05) is 0 Å². The molecule has 0 spiro atoms. The fourth-order valence-corrected chi connectivity index (χ4v) is 3.38. The largest absolute Gasteiger partial charge is 0.464 e. The van der Waals surface area contributed by atoms with Gasteiger partial charge < -0.3 is 15.4 Å². The van der Waals surface area contributed by atoms with Gasteiger partial charge in [-0.05, 0) is 6.92 Å². The molecule has 1 aliphatic rings. The van der Waals surface area contributed by atoms with Crippen LogP contribution in [0.1, 0.15) is 17.4 Å². The van der Waals surface area contributed by atoms with Crippen LogP contribution in [0, 0.1) is 0 Å². The SMILES string of the molecule is CCOC(=O)C1CSCCN1C(=O)c1csc(N)n1. The molecule has 0 aromatic carbocycles. The highest BCUT2D eigenvalue weighted by Gasteiger charge is 2.34. The lowest BCUT2D eigenvalue weighted by Crippen LogP contribution is -2.51. The van der Waals surface area contributed by atoms with Gasteiger partial charge in [0, 0.05) is 23.4 Å². The van der Waals surface area contributed by atoms with Crippen LogP contribution in [0.2, 0.25) is 0 Å². The van der Waals surface area contributed by atoms with Gasteiger partial charge in [0.25, 0.3) is 5.91 Å². The number of hydrogen-bond acceptors (Lipinski definition) is 7. The molecular weight excluding hydrogens is 286 g/mol. The summed E-state index contributed by atoms with van der Waals surface area (Å²) < 4.78 is 5.01. The predicted molar refractivity (Wildman–Crippen MR) is 75.3 cm³/mol. The number of nitrogens with two attached hydrogens (primary N) is 1. The molecule has 8 heteroatoms. The Morgan fingerprint density at radius 2 is 2.42 bits per heavy atom. The van der Waals surface area contributed by atoms with Gasteiger partial charge in [0.15, 0.2) is 5.13 Å². The number of anilines is 1. The molecule has 1 fully saturated rings. The molecular formula is C11H15N3O3S2. The Balaban J connectivity index is 2.15. The number of thioether (sulfide) groups is 1. The second kappa shape index (κ2) is 6.25. The number of aromatic nitrogens is 1. The zero-order valence-electron chi connectivity index (χ0n) is 10.5. The summed E-state index contributed by atoms with van der Waals surface area (Å²) in [4.78, 5) is 29.7. The Hall–Kier alpha value is -1.28. The Labute approximate surface area is 119 Å². The molecule has 6 nitrogen and oxygen atoms in total. The number of carbonyl (C=O) groups excluding carboxylic acids is 2. The van der Waals surface area contributed by atoms with Gasteiger partial charge in [0.1, 0.15) is 11.7 Å². The van der Waals surface area contributed by atoms with E-state index in [0.717, 1.165) is 5.75 Å². The summed E-state index contributed by atoms with van der Waals surface area (Å²) >= 11 is 2.86. The van der Waals surface area contributed by atoms with E-state index in [1.807, 2.05) is 0 Å². The lowest BCUT2D eigenvalue weighted by molar-refractivity contribution is -0.147. The van der Waals surface area contributed by atoms with Gasteiger partial charge in [-0.3, -0.25) is 4.79 Å². The fourth-order valence-electron chi connectivity index (χ4n) is 1.81. The van der Waals surface area contributed by atoms with Gasteiger partial charge >= 0.3 is 5.97 Å². The predicted octanol–water partition coefficient (Wildman–Crippen LogP) is 0.846. The third-order valence-electron chi connectivity index (χ3n) is 2.69. The van der Waals surface area contributed by atoms with Crippen LogP contribution in [0.3, 0.4) is 0 Å². The van der Waals surface area contributed by atoms with Crippen molar-refractivity contribution in [2.45, 2.75) is 13.0 Å². The highest BCUT2D eigenvalue weighted by molar-refractivity contribution is 7.99. The molecule has 19 heavy (non-hydrogen) atoms. The number of nitrogens with zero attached hydrogens (tertiary/aromatic N) is 2. The third-order valence-corrected chi connectivity index (χ3v) is 4.39. The Morgan fingerprint density at radius 1 is 1.63 bits per heavy atom. The summed E-state index contributed by atoms with van der Waals surface area (Å²) in [5.41, 5.74) is 5.82. The summed E-state index contributed by atoms with van der Waals surface area (Å²) in [5, 5.41) is 1.96. The first-order valence-electron chi connectivity index (χ1n) is 5.89. The van der Waals surface area contributed by atoms with Gasteiger partial charge in [0.2, 0.25) is 0 Å². The normalized spacial score (nSPS) is 19.2. The Kier molecular flexibility index (Phi) is 4.65. The summed E-state index contributed by atoms with van der Waals surface area (Å²) in [6.45, 7) is 2.58. The van der Waals surface area contributed by atoms with Crippen LogP contribution in [0.4, 0.5) is 5.13 Å². The zero-order chi connectivity index (χ0) is 13.8. The highest BCUT2D eigenvalue weighted by Crippen LogP contribution is 2.21. The summed E-state index contributed by atoms with van der Waals surface area (Å²) in [5.74, 6) is 0.753. The quantitative estimate of drug-likeness (QED) is 0.833. The van der Waals surface area contributed by atoms with E-state index in [4.69, 9.17) is 10.5 Å². The molecule has 0 saturated carbocycles. The Bertz CT molecular complexity index is 478. The van der Waals surface area contributed by atoms with E-state index < -0.39 is 6.04 Å². The molecule has 0 radical (unpaired) electrons. The molecule has 1 aromatic rings. The molecule has 2 heterocycles. The van der Waals surface area contributed by atoms with Crippen molar-refractivity contribution in [1.29, 1.82) is 0 Å². The number of rotatable bonds is 3. The van der Waals surface area contributed by atoms with Crippen molar-refractivity contribution in [2.24, 2.45) is 0 Å². The maximum absolute atomic E-state index is 12.3. The lowest BCUT2D eigenvalue weighted by atomic mass is 10.2. The second-order valence-corrected chi connectivity index (χ2v) is 5.95. The maximum atomic E-state index is 12.3. The van der Waals surface area contributed by atoms with E-state index in [-0.39, 0.29) is 11.9 Å². The van der Waals surface area contributed by atoms with E-state index in [2.05, 4.69) is 4.98 Å². The number of nitrogen functional groups attached to an aromatic ring is 1. The van der Waals surface area contributed by atoms with Crippen molar-refractivity contribution in [1.82, 2.24) is 9.88 Å². The minimum Gasteiger partial charge on any atom is -0.464 e. The minimum absolute atomic E-state index is 0.258. The molecule has 1 atom stereocenters. The average Bonchev–Trinajstić information content (AvgIpc) is 2.85. The average molecular weight is 301 g/mol. The zero-order valence-corrected chi connectivity index (χ0v) is 12.1. The van der Waals surface area contributed by atoms with Crippen LogP contribution in [0.15, 0.2) is 5.38 Å². The third kappa shape index (κ3) is 3.19. The van der Waals surface area contributed by atoms with Gasteiger partial charge in [-0.15, -0.1) is 11.3 Å². The maximum Gasteiger partial charge on any atom is 0.329 e. The monoisotopic (exact) mass is 301 g/mol. The first-order chi connectivity index (χ1) is 9.13. The van der Waals surface area contributed by atoms with E-state index in [1.165, 1.54) is 16.2 Å². The number of carbonyl (C=O) groups is 2. The fraction of sp³-hybridized carbons (Fsp3) is 0.545. The second-order valence-electron chi connectivity index (χ2n) is 3.91. The van der Waals surface area contributed by atoms with Crippen molar-refractivity contribution < 1.29 is 14.3 Å². The molecule has 0 bridgehead atoms. The molecule has 1 unspecified atom stereocenters. The summed E-state index contributed by atoms with van der Waals surface area (Å²) in [6, 6.07) is -0.533. The minimum atomic E-state index is -0.533. The highest BCUT2D eigenvalue weighted by atomic mass is 32.2. The van der Waals surface area contributed by atoms with Crippen molar-refractivity contribution in [3.8, 4) is 0 Å². The van der Waals surface area contributed by atoms with Crippen LogP contribution < -0.4 is 5.73 Å². The first kappa shape index (κ1) is 14.1. The van der Waals surface area contributed by atoms with E-state index in [0.29, 0.717) is 29.7 Å². The van der Waals surface area contributed by atoms with Crippen LogP contribution in [0.25, 0.3) is 0 Å². The molecule has 1 aliphatic heterocycles. The van der Waals surface area contributed by atoms with Gasteiger partial charge in [0.05, 0.1) is 6.61 Å². The van der Waals surface area contributed by atoms with Crippen molar-refractivity contribution in [3.63, 3.8) is 0 Å². The van der Waals surface area contributed by atoms with E-state index in [1.54, 1.807) is 24.1 Å². The topological polar surface area (TPSA) is 85.5 Å². The van der Waals surface area contributed by atoms with Crippen LogP contribution in [-0.4, -0.2) is 52.5 Å². The molecule has 0 aliphatic carbocycles. The van der Waals surface area contributed by atoms with Crippen LogP contribution in [0.5, 0.6) is 0 Å². The lowest BCUT2D eigenvalue weighted by Gasteiger charge is -2.33. The van der Waals surface area contributed by atoms with E-state index in [9.17, 15) is 9.59 Å². The van der Waals surface area contributed by atoms with E-state index >= 15 is 0 Å². The number of hydrogen-bond donors (Lipinski definition) is 1. The van der Waals surface area contributed by atoms with Crippen LogP contribution in [-0.2, 0) is 9.53 Å². The Morgan fingerprint density at radius 3 is 3.05 bits per heavy atom. The summed E-state index contributed by atoms with van der Waals surface area (Å²) in [7, 11) is 0. The summed E-state index contributed by atoms with van der Waals surface area (Å²) in [6.07, 6.45) is 0. The molecule has 1 saturated heterocycles. The molecule has 1 aromatic heterocycles. The van der Waals surface area contributed by atoms with Crippen molar-refractivity contribution >= 4 is 40.1 Å². The van der Waals surface area contributed by atoms with Crippen molar-refractivity contribution in [3.05, 3.63) is 11.1 Å².